The van der Waals surface area contributed by atoms with E-state index in [9.17, 15) is 20.1 Å². The number of ether oxygens (including phenoxy) is 2. The maximum absolute atomic E-state index is 12.3. The van der Waals surface area contributed by atoms with Crippen LogP contribution in [0, 0.1) is 28.6 Å². The van der Waals surface area contributed by atoms with Gasteiger partial charge in [0.15, 0.2) is 11.5 Å². The van der Waals surface area contributed by atoms with E-state index in [1.54, 1.807) is 20.1 Å². The Hall–Kier alpha value is -2.25. The summed E-state index contributed by atoms with van der Waals surface area (Å²) in [5.74, 6) is -2.29. The van der Waals surface area contributed by atoms with Gasteiger partial charge in [-0.25, -0.2) is 4.79 Å². The van der Waals surface area contributed by atoms with Gasteiger partial charge < -0.3 is 9.47 Å². The highest BCUT2D eigenvalue weighted by molar-refractivity contribution is 8.02. The first-order valence-electron chi connectivity index (χ1n) is 8.69. The molecule has 1 rings (SSSR count). The zero-order valence-electron chi connectivity index (χ0n) is 15.5. The van der Waals surface area contributed by atoms with E-state index in [0.29, 0.717) is 23.3 Å². The van der Waals surface area contributed by atoms with E-state index in [0.717, 1.165) is 24.8 Å². The summed E-state index contributed by atoms with van der Waals surface area (Å²) in [4.78, 5) is 24.9. The third kappa shape index (κ3) is 5.37. The third-order valence-electron chi connectivity index (χ3n) is 4.06. The smallest absolute Gasteiger partial charge is 0.350 e. The lowest BCUT2D eigenvalue weighted by Gasteiger charge is -2.19. The van der Waals surface area contributed by atoms with Crippen LogP contribution >= 0.6 is 11.8 Å². The Bertz CT molecular complexity index is 683. The van der Waals surface area contributed by atoms with Crippen LogP contribution < -0.4 is 0 Å². The zero-order chi connectivity index (χ0) is 19.5. The Morgan fingerprint density at radius 1 is 1.12 bits per heavy atom. The lowest BCUT2D eigenvalue weighted by atomic mass is 9.90. The van der Waals surface area contributed by atoms with Gasteiger partial charge in [-0.15, -0.1) is 11.8 Å². The van der Waals surface area contributed by atoms with Crippen LogP contribution in [0.5, 0.6) is 0 Å². The van der Waals surface area contributed by atoms with Crippen molar-refractivity contribution in [3.8, 4) is 12.1 Å². The molecular weight excluding hydrogens is 352 g/mol. The summed E-state index contributed by atoms with van der Waals surface area (Å²) in [6, 6.07) is 3.98. The van der Waals surface area contributed by atoms with E-state index in [1.807, 2.05) is 12.1 Å². The summed E-state index contributed by atoms with van der Waals surface area (Å²) in [7, 11) is 0. The summed E-state index contributed by atoms with van der Waals surface area (Å²) < 4.78 is 10.0. The molecule has 0 fully saturated rings. The molecule has 0 saturated heterocycles. The van der Waals surface area contributed by atoms with Crippen molar-refractivity contribution < 1.29 is 19.1 Å². The van der Waals surface area contributed by atoms with Crippen LogP contribution in [0.3, 0.4) is 0 Å². The number of thioether (sulfide) groups is 1. The van der Waals surface area contributed by atoms with Crippen LogP contribution in [-0.4, -0.2) is 31.4 Å². The molecule has 0 aromatic carbocycles. The molecule has 0 aliphatic heterocycles. The standard InChI is InChI=1S/C19H24N2O4S/c1-4-24-18(22)15(11-20)13-9-7-6-8-10-14(13)17(26-3)16(12-21)19(23)25-5-2/h15H,4-10H2,1-3H3. The number of nitriles is 2. The number of rotatable bonds is 7. The minimum atomic E-state index is -1.02. The van der Waals surface area contributed by atoms with Crippen LogP contribution in [-0.2, 0) is 19.1 Å². The molecule has 0 spiro atoms. The van der Waals surface area contributed by atoms with Gasteiger partial charge >= 0.3 is 11.9 Å². The molecule has 26 heavy (non-hydrogen) atoms. The second-order valence-electron chi connectivity index (χ2n) is 5.62. The van der Waals surface area contributed by atoms with Gasteiger partial charge in [0, 0.05) is 4.91 Å². The van der Waals surface area contributed by atoms with Crippen molar-refractivity contribution in [3.63, 3.8) is 0 Å². The van der Waals surface area contributed by atoms with E-state index in [4.69, 9.17) is 9.47 Å². The fourth-order valence-electron chi connectivity index (χ4n) is 2.95. The lowest BCUT2D eigenvalue weighted by Crippen LogP contribution is -2.20. The molecule has 0 saturated carbocycles. The molecule has 0 amide bonds. The van der Waals surface area contributed by atoms with Crippen molar-refractivity contribution in [2.75, 3.05) is 19.5 Å². The maximum Gasteiger partial charge on any atom is 0.350 e. The number of allylic oxidation sites excluding steroid dienone is 1. The number of esters is 2. The van der Waals surface area contributed by atoms with Crippen molar-refractivity contribution in [2.45, 2.75) is 46.0 Å². The SMILES string of the molecule is CCOC(=O)C(C#N)=C(SC)C1=C(C(C#N)C(=O)OCC)CCCCC1. The average Bonchev–Trinajstić information content (AvgIpc) is 2.86. The van der Waals surface area contributed by atoms with E-state index in [1.165, 1.54) is 11.8 Å². The van der Waals surface area contributed by atoms with Crippen LogP contribution in [0.25, 0.3) is 0 Å². The number of carbonyl (C=O) groups is 2. The van der Waals surface area contributed by atoms with Crippen molar-refractivity contribution in [1.29, 1.82) is 10.5 Å². The quantitative estimate of drug-likeness (QED) is 0.380. The van der Waals surface area contributed by atoms with E-state index in [-0.39, 0.29) is 18.8 Å². The summed E-state index contributed by atoms with van der Waals surface area (Å²) in [6.07, 6.45) is 5.61. The number of nitrogens with zero attached hydrogens (tertiary/aromatic N) is 2. The summed E-state index contributed by atoms with van der Waals surface area (Å²) >= 11 is 1.27. The molecule has 140 valence electrons. The average molecular weight is 376 g/mol. The highest BCUT2D eigenvalue weighted by Gasteiger charge is 2.30. The molecule has 0 N–H and O–H groups in total. The third-order valence-corrected chi connectivity index (χ3v) is 4.92. The Morgan fingerprint density at radius 3 is 2.31 bits per heavy atom. The van der Waals surface area contributed by atoms with E-state index < -0.39 is 17.9 Å². The molecule has 1 unspecified atom stereocenters. The monoisotopic (exact) mass is 376 g/mol. The Morgan fingerprint density at radius 2 is 1.77 bits per heavy atom. The minimum absolute atomic E-state index is 0.0747. The molecule has 0 heterocycles. The summed E-state index contributed by atoms with van der Waals surface area (Å²) in [5, 5.41) is 19.1. The van der Waals surface area contributed by atoms with Crippen molar-refractivity contribution in [3.05, 3.63) is 21.6 Å². The predicted octanol–water partition coefficient (Wildman–Crippen LogP) is 3.65. The number of hydrogen-bond donors (Lipinski definition) is 0. The largest absolute Gasteiger partial charge is 0.465 e. The van der Waals surface area contributed by atoms with Gasteiger partial charge in [-0.05, 0) is 56.9 Å². The zero-order valence-corrected chi connectivity index (χ0v) is 16.3. The number of carbonyl (C=O) groups excluding carboxylic acids is 2. The van der Waals surface area contributed by atoms with Gasteiger partial charge in [-0.2, -0.15) is 10.5 Å². The molecular formula is C19H24N2O4S. The molecule has 0 bridgehead atoms. The van der Waals surface area contributed by atoms with Gasteiger partial charge in [-0.1, -0.05) is 6.42 Å². The van der Waals surface area contributed by atoms with Gasteiger partial charge in [0.2, 0.25) is 0 Å². The Labute approximate surface area is 158 Å². The fraction of sp³-hybridized carbons (Fsp3) is 0.579. The minimum Gasteiger partial charge on any atom is -0.465 e. The fourth-order valence-corrected chi connectivity index (χ4v) is 3.76. The second kappa shape index (κ2) is 11.4. The molecule has 1 aliphatic carbocycles. The van der Waals surface area contributed by atoms with Crippen molar-refractivity contribution >= 4 is 23.7 Å². The molecule has 7 heteroatoms. The molecule has 0 aromatic heterocycles. The van der Waals surface area contributed by atoms with Crippen LogP contribution in [0.1, 0.15) is 46.0 Å². The molecule has 6 nitrogen and oxygen atoms in total. The first kappa shape index (κ1) is 21.8. The van der Waals surface area contributed by atoms with Gasteiger partial charge in [0.1, 0.15) is 6.07 Å². The highest BCUT2D eigenvalue weighted by Crippen LogP contribution is 2.38. The molecule has 0 aromatic rings. The Kier molecular flexibility index (Phi) is 9.54. The summed E-state index contributed by atoms with van der Waals surface area (Å²) in [5.41, 5.74) is 1.32. The molecule has 1 atom stereocenters. The van der Waals surface area contributed by atoms with Crippen LogP contribution in [0.2, 0.25) is 0 Å². The topological polar surface area (TPSA) is 100 Å². The normalized spacial score (nSPS) is 16.5. The van der Waals surface area contributed by atoms with Crippen LogP contribution in [0.4, 0.5) is 0 Å². The van der Waals surface area contributed by atoms with Gasteiger partial charge in [0.25, 0.3) is 0 Å². The first-order chi connectivity index (χ1) is 12.5. The lowest BCUT2D eigenvalue weighted by molar-refractivity contribution is -0.145. The van der Waals surface area contributed by atoms with Gasteiger partial charge in [0.05, 0.1) is 19.3 Å². The number of hydrogen-bond acceptors (Lipinski definition) is 7. The van der Waals surface area contributed by atoms with Crippen LogP contribution in [0.15, 0.2) is 21.6 Å². The van der Waals surface area contributed by atoms with Crippen molar-refractivity contribution in [2.24, 2.45) is 5.92 Å². The predicted molar refractivity (Wildman–Crippen MR) is 98.6 cm³/mol. The molecule has 0 radical (unpaired) electrons. The van der Waals surface area contributed by atoms with E-state index >= 15 is 0 Å². The van der Waals surface area contributed by atoms with E-state index in [2.05, 4.69) is 0 Å². The maximum atomic E-state index is 12.3. The molecule has 1 aliphatic rings. The summed E-state index contributed by atoms with van der Waals surface area (Å²) in [6.45, 7) is 3.73. The van der Waals surface area contributed by atoms with Gasteiger partial charge in [-0.3, -0.25) is 4.79 Å². The highest BCUT2D eigenvalue weighted by atomic mass is 32.2. The second-order valence-corrected chi connectivity index (χ2v) is 6.44. The Balaban J connectivity index is 3.57. The first-order valence-corrected chi connectivity index (χ1v) is 9.92. The van der Waals surface area contributed by atoms with Crippen molar-refractivity contribution in [1.82, 2.24) is 0 Å².